The number of aromatic nitrogens is 1. The molecule has 0 bridgehead atoms. The maximum absolute atomic E-state index is 12.8. The molecule has 0 saturated carbocycles. The Morgan fingerprint density at radius 3 is 2.16 bits per heavy atom. The molecule has 8 nitrogen and oxygen atoms in total. The summed E-state index contributed by atoms with van der Waals surface area (Å²) in [5.41, 5.74) is 5.10. The monoisotopic (exact) mass is 520 g/mol. The Balaban J connectivity index is 1.80. The number of dihydropyridines is 1. The number of benzene rings is 2. The van der Waals surface area contributed by atoms with E-state index in [1.165, 1.54) is 25.6 Å². The van der Waals surface area contributed by atoms with Crippen LogP contribution in [0, 0.1) is 0 Å². The summed E-state index contributed by atoms with van der Waals surface area (Å²) in [5.74, 6) is -0.313. The molecule has 1 aliphatic rings. The fraction of sp³-hybridized carbons (Fsp3) is 0.250. The second-order valence-corrected chi connectivity index (χ2v) is 9.21. The summed E-state index contributed by atoms with van der Waals surface area (Å²) >= 11 is 1.48. The van der Waals surface area contributed by atoms with Crippen molar-refractivity contribution in [1.29, 1.82) is 0 Å². The van der Waals surface area contributed by atoms with Crippen LogP contribution in [0.4, 0.5) is 0 Å². The molecule has 1 N–H and O–H groups in total. The number of esters is 2. The number of hydrogen-bond acceptors (Lipinski definition) is 9. The van der Waals surface area contributed by atoms with Crippen LogP contribution in [0.25, 0.3) is 21.8 Å². The largest absolute Gasteiger partial charge is 0.497 e. The van der Waals surface area contributed by atoms with E-state index in [1.807, 2.05) is 47.8 Å². The van der Waals surface area contributed by atoms with Crippen molar-refractivity contribution in [2.24, 2.45) is 0 Å². The number of nitrogens with one attached hydrogen (secondary N) is 1. The summed E-state index contributed by atoms with van der Waals surface area (Å²) in [6.07, 6.45) is 0. The smallest absolute Gasteiger partial charge is 0.336 e. The van der Waals surface area contributed by atoms with Gasteiger partial charge in [-0.15, -0.1) is 11.3 Å². The Hall–Kier alpha value is -4.11. The first-order chi connectivity index (χ1) is 17.8. The Kier molecular flexibility index (Phi) is 7.63. The molecular weight excluding hydrogens is 492 g/mol. The molecule has 37 heavy (non-hydrogen) atoms. The number of carbonyl (C=O) groups excluding carboxylic acids is 2. The van der Waals surface area contributed by atoms with Crippen molar-refractivity contribution in [3.63, 3.8) is 0 Å². The number of thiazole rings is 1. The fourth-order valence-corrected chi connectivity index (χ4v) is 5.30. The molecule has 9 heteroatoms. The van der Waals surface area contributed by atoms with E-state index in [4.69, 9.17) is 23.9 Å². The minimum atomic E-state index is -0.668. The number of hydrogen-bond donors (Lipinski definition) is 1. The summed E-state index contributed by atoms with van der Waals surface area (Å²) in [7, 11) is 5.87. The Bertz CT molecular complexity index is 1380. The molecule has 0 fully saturated rings. The van der Waals surface area contributed by atoms with Crippen LogP contribution in [0.5, 0.6) is 11.5 Å². The van der Waals surface area contributed by atoms with Crippen LogP contribution in [0.15, 0.2) is 70.4 Å². The molecule has 2 heterocycles. The van der Waals surface area contributed by atoms with E-state index in [0.29, 0.717) is 34.0 Å². The predicted octanol–water partition coefficient (Wildman–Crippen LogP) is 5.08. The van der Waals surface area contributed by atoms with Gasteiger partial charge in [0.05, 0.1) is 51.2 Å². The molecular formula is C28H28N2O6S. The van der Waals surface area contributed by atoms with Crippen molar-refractivity contribution in [2.75, 3.05) is 28.4 Å². The Morgan fingerprint density at radius 1 is 0.892 bits per heavy atom. The highest BCUT2D eigenvalue weighted by Gasteiger charge is 2.37. The normalized spacial score (nSPS) is 13.8. The van der Waals surface area contributed by atoms with Crippen LogP contribution in [-0.2, 0) is 19.1 Å². The standard InChI is InChI=1S/C28H28N2O6S/c1-15-23(27(31)35-5)25(24(16(2)29-15)28(32)36-6)17-8-7-9-18(12-17)26-30-21(14-37-26)20-13-19(33-3)10-11-22(20)34-4/h7-14,25,29H,1-6H3. The molecule has 0 unspecified atom stereocenters. The summed E-state index contributed by atoms with van der Waals surface area (Å²) < 4.78 is 21.0. The van der Waals surface area contributed by atoms with Crippen LogP contribution >= 0.6 is 11.3 Å². The molecule has 0 radical (unpaired) electrons. The lowest BCUT2D eigenvalue weighted by molar-refractivity contribution is -0.137. The zero-order valence-corrected chi connectivity index (χ0v) is 22.3. The zero-order valence-electron chi connectivity index (χ0n) is 21.5. The summed E-state index contributed by atoms with van der Waals surface area (Å²) in [6.45, 7) is 3.57. The first-order valence-corrected chi connectivity index (χ1v) is 12.3. The van der Waals surface area contributed by atoms with Crippen LogP contribution in [0.2, 0.25) is 0 Å². The minimum Gasteiger partial charge on any atom is -0.497 e. The molecule has 1 aromatic heterocycles. The van der Waals surface area contributed by atoms with Gasteiger partial charge in [0.15, 0.2) is 0 Å². The second kappa shape index (κ2) is 10.9. The Labute approximate surface area is 219 Å². The fourth-order valence-electron chi connectivity index (χ4n) is 4.48. The van der Waals surface area contributed by atoms with E-state index >= 15 is 0 Å². The van der Waals surface area contributed by atoms with Gasteiger partial charge in [-0.2, -0.15) is 0 Å². The van der Waals surface area contributed by atoms with Crippen molar-refractivity contribution < 1.29 is 28.5 Å². The van der Waals surface area contributed by atoms with Gasteiger partial charge in [0.25, 0.3) is 0 Å². The van der Waals surface area contributed by atoms with E-state index in [0.717, 1.165) is 27.4 Å². The highest BCUT2D eigenvalue weighted by Crippen LogP contribution is 2.41. The van der Waals surface area contributed by atoms with E-state index in [9.17, 15) is 9.59 Å². The minimum absolute atomic E-state index is 0.353. The van der Waals surface area contributed by atoms with Gasteiger partial charge in [0.1, 0.15) is 16.5 Å². The number of methoxy groups -OCH3 is 4. The van der Waals surface area contributed by atoms with Crippen LogP contribution in [0.1, 0.15) is 25.3 Å². The number of nitrogens with zero attached hydrogens (tertiary/aromatic N) is 1. The molecule has 0 aliphatic carbocycles. The third-order valence-corrected chi connectivity index (χ3v) is 7.12. The first kappa shape index (κ1) is 26.0. The van der Waals surface area contributed by atoms with Crippen molar-refractivity contribution in [3.05, 3.63) is 75.9 Å². The molecule has 3 aromatic rings. The molecule has 1 aliphatic heterocycles. The second-order valence-electron chi connectivity index (χ2n) is 8.35. The van der Waals surface area contributed by atoms with Gasteiger partial charge < -0.3 is 24.3 Å². The number of carbonyl (C=O) groups is 2. The zero-order chi connectivity index (χ0) is 26.7. The van der Waals surface area contributed by atoms with Gasteiger partial charge in [-0.1, -0.05) is 18.2 Å². The topological polar surface area (TPSA) is 96.0 Å². The van der Waals surface area contributed by atoms with Gasteiger partial charge in [0, 0.05) is 27.9 Å². The molecule has 192 valence electrons. The van der Waals surface area contributed by atoms with Gasteiger partial charge >= 0.3 is 11.9 Å². The van der Waals surface area contributed by atoms with Crippen LogP contribution in [0.3, 0.4) is 0 Å². The number of rotatable bonds is 7. The lowest BCUT2D eigenvalue weighted by Crippen LogP contribution is -2.32. The first-order valence-electron chi connectivity index (χ1n) is 11.5. The SMILES string of the molecule is COC(=O)C1=C(C)NC(C)=C(C(=O)OC)C1c1cccc(-c2nc(-c3cc(OC)ccc3OC)cs2)c1. The molecule has 2 aromatic carbocycles. The quantitative estimate of drug-likeness (QED) is 0.431. The number of allylic oxidation sites excluding steroid dienone is 2. The summed E-state index contributed by atoms with van der Waals surface area (Å²) in [6, 6.07) is 13.2. The van der Waals surface area contributed by atoms with Crippen molar-refractivity contribution in [3.8, 4) is 33.3 Å². The molecule has 0 spiro atoms. The van der Waals surface area contributed by atoms with Crippen LogP contribution in [-0.4, -0.2) is 45.4 Å². The third kappa shape index (κ3) is 4.95. The van der Waals surface area contributed by atoms with Crippen LogP contribution < -0.4 is 14.8 Å². The van der Waals surface area contributed by atoms with E-state index in [1.54, 1.807) is 28.1 Å². The van der Waals surface area contributed by atoms with E-state index in [-0.39, 0.29) is 0 Å². The van der Waals surface area contributed by atoms with Gasteiger partial charge in [0.2, 0.25) is 0 Å². The lowest BCUT2D eigenvalue weighted by Gasteiger charge is -2.30. The van der Waals surface area contributed by atoms with Gasteiger partial charge in [-0.25, -0.2) is 14.6 Å². The molecule has 0 amide bonds. The van der Waals surface area contributed by atoms with Gasteiger partial charge in [-0.05, 0) is 43.7 Å². The maximum atomic E-state index is 12.8. The summed E-state index contributed by atoms with van der Waals surface area (Å²) in [5, 5.41) is 5.85. The highest BCUT2D eigenvalue weighted by atomic mass is 32.1. The number of ether oxygens (including phenoxy) is 4. The molecule has 4 rings (SSSR count). The molecule has 0 atom stereocenters. The van der Waals surface area contributed by atoms with Crippen molar-refractivity contribution >= 4 is 23.3 Å². The molecule has 0 saturated heterocycles. The third-order valence-electron chi connectivity index (χ3n) is 6.22. The maximum Gasteiger partial charge on any atom is 0.336 e. The summed E-state index contributed by atoms with van der Waals surface area (Å²) in [4.78, 5) is 30.5. The van der Waals surface area contributed by atoms with Crippen molar-refractivity contribution in [1.82, 2.24) is 10.3 Å². The Morgan fingerprint density at radius 2 is 1.57 bits per heavy atom. The average Bonchev–Trinajstić information content (AvgIpc) is 3.42. The van der Waals surface area contributed by atoms with Gasteiger partial charge in [-0.3, -0.25) is 0 Å². The van der Waals surface area contributed by atoms with E-state index < -0.39 is 17.9 Å². The lowest BCUT2D eigenvalue weighted by atomic mass is 9.80. The van der Waals surface area contributed by atoms with E-state index in [2.05, 4.69) is 5.32 Å². The predicted molar refractivity (Wildman–Crippen MR) is 141 cm³/mol. The average molecular weight is 521 g/mol. The van der Waals surface area contributed by atoms with Crippen molar-refractivity contribution in [2.45, 2.75) is 19.8 Å². The highest BCUT2D eigenvalue weighted by molar-refractivity contribution is 7.13.